The molecule has 0 aromatic heterocycles. The van der Waals surface area contributed by atoms with E-state index in [-0.39, 0.29) is 18.7 Å². The number of nitrogens with zero attached hydrogens (tertiary/aromatic N) is 1. The van der Waals surface area contributed by atoms with Gasteiger partial charge in [-0.05, 0) is 54.4 Å². The van der Waals surface area contributed by atoms with E-state index in [1.165, 1.54) is 4.90 Å². The Morgan fingerprint density at radius 1 is 0.800 bits per heavy atom. The van der Waals surface area contributed by atoms with Gasteiger partial charge >= 0.3 is 18.2 Å². The Balaban J connectivity index is 4.45. The molecule has 0 aliphatic carbocycles. The second kappa shape index (κ2) is 12.9. The predicted octanol–water partition coefficient (Wildman–Crippen LogP) is 2.51. The van der Waals surface area contributed by atoms with Crippen molar-refractivity contribution in [2.45, 2.75) is 78.4 Å². The predicted molar refractivity (Wildman–Crippen MR) is 111 cm³/mol. The van der Waals surface area contributed by atoms with Crippen LogP contribution < -0.4 is 10.6 Å². The summed E-state index contributed by atoms with van der Waals surface area (Å²) in [6.45, 7) is 12.0. The second-order valence-electron chi connectivity index (χ2n) is 8.85. The Kier molecular flexibility index (Phi) is 11.8. The summed E-state index contributed by atoms with van der Waals surface area (Å²) < 4.78 is 10.6. The van der Waals surface area contributed by atoms with Gasteiger partial charge in [0.2, 0.25) is 5.91 Å². The molecular weight excluding hydrogens is 394 g/mol. The highest BCUT2D eigenvalue weighted by Crippen LogP contribution is 2.11. The minimum Gasteiger partial charge on any atom is -0.481 e. The number of carboxylic acid groups (broad SMARTS) is 1. The van der Waals surface area contributed by atoms with Gasteiger partial charge in [0, 0.05) is 32.6 Å². The second-order valence-corrected chi connectivity index (χ2v) is 8.85. The van der Waals surface area contributed by atoms with Crippen LogP contribution >= 0.6 is 0 Å². The van der Waals surface area contributed by atoms with Crippen LogP contribution in [-0.2, 0) is 19.1 Å². The Labute approximate surface area is 178 Å². The van der Waals surface area contributed by atoms with Gasteiger partial charge in [-0.25, -0.2) is 9.59 Å². The first-order chi connectivity index (χ1) is 13.7. The number of ether oxygens (including phenoxy) is 2. The van der Waals surface area contributed by atoms with Gasteiger partial charge < -0.3 is 30.1 Å². The smallest absolute Gasteiger partial charge is 0.410 e. The molecule has 3 amide bonds. The monoisotopic (exact) mass is 431 g/mol. The summed E-state index contributed by atoms with van der Waals surface area (Å²) in [6.07, 6.45) is -0.310. The Hall–Kier alpha value is -2.52. The van der Waals surface area contributed by atoms with Gasteiger partial charge in [-0.3, -0.25) is 9.59 Å². The normalized spacial score (nSPS) is 11.4. The van der Waals surface area contributed by atoms with Crippen molar-refractivity contribution < 1.29 is 33.8 Å². The number of carboxylic acids is 1. The van der Waals surface area contributed by atoms with Gasteiger partial charge in [0.05, 0.1) is 6.42 Å². The summed E-state index contributed by atoms with van der Waals surface area (Å²) in [6, 6.07) is 0. The van der Waals surface area contributed by atoms with Crippen molar-refractivity contribution in [3.05, 3.63) is 0 Å². The van der Waals surface area contributed by atoms with Gasteiger partial charge in [0.1, 0.15) is 11.2 Å². The van der Waals surface area contributed by atoms with Gasteiger partial charge in [-0.2, -0.15) is 0 Å². The van der Waals surface area contributed by atoms with E-state index in [1.807, 2.05) is 0 Å². The number of alkyl carbamates (subject to hydrolysis) is 1. The van der Waals surface area contributed by atoms with E-state index < -0.39 is 29.4 Å². The van der Waals surface area contributed by atoms with Crippen LogP contribution in [0.4, 0.5) is 9.59 Å². The summed E-state index contributed by atoms with van der Waals surface area (Å²) in [4.78, 5) is 47.6. The fourth-order valence-electron chi connectivity index (χ4n) is 2.20. The topological polar surface area (TPSA) is 134 Å². The number of aliphatic carboxylic acids is 1. The average Bonchev–Trinajstić information content (AvgIpc) is 2.55. The van der Waals surface area contributed by atoms with Crippen LogP contribution in [0.3, 0.4) is 0 Å². The molecule has 0 heterocycles. The first kappa shape index (κ1) is 27.5. The SMILES string of the molecule is CC(C)(C)OC(=O)NCCCN(CCCNC(=O)CCC(=O)O)C(=O)OC(C)(C)C. The van der Waals surface area contributed by atoms with Crippen molar-refractivity contribution in [2.24, 2.45) is 0 Å². The molecule has 0 aliphatic rings. The first-order valence-electron chi connectivity index (χ1n) is 10.1. The van der Waals surface area contributed by atoms with Crippen molar-refractivity contribution in [3.63, 3.8) is 0 Å². The maximum Gasteiger partial charge on any atom is 0.410 e. The van der Waals surface area contributed by atoms with E-state index in [9.17, 15) is 19.2 Å². The molecule has 0 aromatic carbocycles. The van der Waals surface area contributed by atoms with Gasteiger partial charge in [0.25, 0.3) is 0 Å². The van der Waals surface area contributed by atoms with Crippen molar-refractivity contribution in [1.82, 2.24) is 15.5 Å². The van der Waals surface area contributed by atoms with Crippen LogP contribution in [0, 0.1) is 0 Å². The van der Waals surface area contributed by atoms with Crippen LogP contribution in [0.1, 0.15) is 67.2 Å². The molecular formula is C20H37N3O7. The minimum atomic E-state index is -1.03. The summed E-state index contributed by atoms with van der Waals surface area (Å²) in [5.41, 5.74) is -1.23. The Morgan fingerprint density at radius 3 is 1.77 bits per heavy atom. The lowest BCUT2D eigenvalue weighted by Gasteiger charge is -2.27. The third-order valence-electron chi connectivity index (χ3n) is 3.42. The average molecular weight is 432 g/mol. The molecule has 0 rings (SSSR count). The molecule has 10 nitrogen and oxygen atoms in total. The summed E-state index contributed by atoms with van der Waals surface area (Å²) in [5.74, 6) is -1.37. The standard InChI is InChI=1S/C20H37N3O7/c1-19(2,3)29-17(27)22-12-8-14-23(18(28)30-20(4,5)6)13-7-11-21-15(24)9-10-16(25)26/h7-14H2,1-6H3,(H,21,24)(H,22,27)(H,25,26). The fourth-order valence-corrected chi connectivity index (χ4v) is 2.20. The van der Waals surface area contributed by atoms with E-state index in [2.05, 4.69) is 10.6 Å². The number of amides is 3. The molecule has 0 spiro atoms. The largest absolute Gasteiger partial charge is 0.481 e. The summed E-state index contributed by atoms with van der Waals surface area (Å²) in [7, 11) is 0. The number of nitrogens with one attached hydrogen (secondary N) is 2. The molecule has 10 heteroatoms. The van der Waals surface area contributed by atoms with Crippen molar-refractivity contribution >= 4 is 24.1 Å². The lowest BCUT2D eigenvalue weighted by molar-refractivity contribution is -0.138. The molecule has 0 aromatic rings. The molecule has 0 bridgehead atoms. The zero-order valence-electron chi connectivity index (χ0n) is 19.0. The fraction of sp³-hybridized carbons (Fsp3) is 0.800. The number of carbonyl (C=O) groups is 4. The highest BCUT2D eigenvalue weighted by Gasteiger charge is 2.22. The Morgan fingerprint density at radius 2 is 1.30 bits per heavy atom. The minimum absolute atomic E-state index is 0.0819. The number of carbonyl (C=O) groups excluding carboxylic acids is 3. The van der Waals surface area contributed by atoms with Gasteiger partial charge in [0.15, 0.2) is 0 Å². The first-order valence-corrected chi connectivity index (χ1v) is 10.1. The molecule has 0 atom stereocenters. The molecule has 174 valence electrons. The Bertz CT molecular complexity index is 580. The lowest BCUT2D eigenvalue weighted by Crippen LogP contribution is -2.40. The zero-order valence-corrected chi connectivity index (χ0v) is 19.0. The zero-order chi connectivity index (χ0) is 23.4. The van der Waals surface area contributed by atoms with Crippen molar-refractivity contribution in [3.8, 4) is 0 Å². The molecule has 0 aliphatic heterocycles. The van der Waals surface area contributed by atoms with Gasteiger partial charge in [-0.1, -0.05) is 0 Å². The maximum absolute atomic E-state index is 12.4. The highest BCUT2D eigenvalue weighted by molar-refractivity contribution is 5.80. The third kappa shape index (κ3) is 16.4. The summed E-state index contributed by atoms with van der Waals surface area (Å²) in [5, 5.41) is 13.9. The number of hydrogen-bond donors (Lipinski definition) is 3. The van der Waals surface area contributed by atoms with E-state index in [0.29, 0.717) is 39.0 Å². The summed E-state index contributed by atoms with van der Waals surface area (Å²) >= 11 is 0. The quantitative estimate of drug-likeness (QED) is 0.428. The molecule has 0 radical (unpaired) electrons. The molecule has 0 unspecified atom stereocenters. The van der Waals surface area contributed by atoms with Crippen LogP contribution in [-0.4, -0.2) is 71.5 Å². The van der Waals surface area contributed by atoms with Crippen LogP contribution in [0.5, 0.6) is 0 Å². The van der Waals surface area contributed by atoms with E-state index >= 15 is 0 Å². The lowest BCUT2D eigenvalue weighted by atomic mass is 10.2. The van der Waals surface area contributed by atoms with Crippen molar-refractivity contribution in [1.29, 1.82) is 0 Å². The van der Waals surface area contributed by atoms with Crippen molar-refractivity contribution in [2.75, 3.05) is 26.2 Å². The molecule has 30 heavy (non-hydrogen) atoms. The molecule has 0 fully saturated rings. The van der Waals surface area contributed by atoms with E-state index in [1.54, 1.807) is 41.5 Å². The van der Waals surface area contributed by atoms with Gasteiger partial charge in [-0.15, -0.1) is 0 Å². The molecule has 0 saturated carbocycles. The highest BCUT2D eigenvalue weighted by atomic mass is 16.6. The maximum atomic E-state index is 12.4. The number of hydrogen-bond acceptors (Lipinski definition) is 6. The van der Waals surface area contributed by atoms with E-state index in [4.69, 9.17) is 14.6 Å². The van der Waals surface area contributed by atoms with Crippen LogP contribution in [0.15, 0.2) is 0 Å². The molecule has 0 saturated heterocycles. The van der Waals surface area contributed by atoms with Crippen LogP contribution in [0.2, 0.25) is 0 Å². The molecule has 3 N–H and O–H groups in total. The van der Waals surface area contributed by atoms with Crippen LogP contribution in [0.25, 0.3) is 0 Å². The third-order valence-corrected chi connectivity index (χ3v) is 3.42. The van der Waals surface area contributed by atoms with E-state index in [0.717, 1.165) is 0 Å². The number of rotatable bonds is 11.